The molecule has 0 saturated heterocycles. The minimum Gasteiger partial charge on any atom is -0.417 e. The molecular weight excluding hydrogens is 290 g/mol. The van der Waals surface area contributed by atoms with Crippen LogP contribution >= 0.6 is 0 Å². The van der Waals surface area contributed by atoms with Crippen molar-refractivity contribution in [2.45, 2.75) is 51.9 Å². The third-order valence-corrected chi connectivity index (χ3v) is 3.96. The summed E-state index contributed by atoms with van der Waals surface area (Å²) in [6.07, 6.45) is 8.40. The molecule has 1 amide bonds. The summed E-state index contributed by atoms with van der Waals surface area (Å²) in [5.74, 6) is -0.240. The molecule has 0 bridgehead atoms. The predicted molar refractivity (Wildman–Crippen MR) is 92.8 cm³/mol. The highest BCUT2D eigenvalue weighted by Gasteiger charge is 2.11. The Kier molecular flexibility index (Phi) is 6.85. The van der Waals surface area contributed by atoms with Crippen molar-refractivity contribution in [3.8, 4) is 0 Å². The molecule has 2 rings (SSSR count). The van der Waals surface area contributed by atoms with Crippen molar-refractivity contribution >= 4 is 16.7 Å². The van der Waals surface area contributed by atoms with Gasteiger partial charge in [-0.15, -0.1) is 0 Å². The maximum Gasteiger partial charge on any atom is 0.344 e. The van der Waals surface area contributed by atoms with E-state index in [-0.39, 0.29) is 11.7 Å². The van der Waals surface area contributed by atoms with E-state index >= 15 is 0 Å². The number of hydrogen-bond acceptors (Lipinski definition) is 3. The van der Waals surface area contributed by atoms with Gasteiger partial charge in [0.25, 0.3) is 5.91 Å². The first-order chi connectivity index (χ1) is 11.2. The zero-order valence-corrected chi connectivity index (χ0v) is 13.8. The molecule has 0 radical (unpaired) electrons. The summed E-state index contributed by atoms with van der Waals surface area (Å²) in [4.78, 5) is 23.9. The topological polar surface area (TPSA) is 59.3 Å². The minimum absolute atomic E-state index is 0.0802. The van der Waals surface area contributed by atoms with Crippen molar-refractivity contribution in [1.82, 2.24) is 5.32 Å². The molecule has 0 unspecified atom stereocenters. The van der Waals surface area contributed by atoms with Crippen LogP contribution in [0.25, 0.3) is 10.8 Å². The molecule has 0 aliphatic rings. The lowest BCUT2D eigenvalue weighted by Crippen LogP contribution is -2.25. The average Bonchev–Trinajstić information content (AvgIpc) is 2.57. The first kappa shape index (κ1) is 17.3. The Morgan fingerprint density at radius 3 is 2.52 bits per heavy atom. The minimum atomic E-state index is -0.468. The van der Waals surface area contributed by atoms with Gasteiger partial charge in [-0.05, 0) is 23.9 Å². The Labute approximate surface area is 136 Å². The standard InChI is InChI=1S/C19H25NO3/c1-2-3-4-5-6-7-10-13-20-18(21)17-14-15-11-8-9-12-16(15)19(22)23-17/h8-9,11-12,14H,2-7,10,13H2,1H3,(H,20,21). The van der Waals surface area contributed by atoms with Crippen molar-refractivity contribution < 1.29 is 9.21 Å². The van der Waals surface area contributed by atoms with E-state index in [1.807, 2.05) is 6.07 Å². The lowest BCUT2D eigenvalue weighted by Gasteiger charge is -2.05. The number of nitrogens with one attached hydrogen (secondary N) is 1. The number of hydrogen-bond donors (Lipinski definition) is 1. The van der Waals surface area contributed by atoms with Gasteiger partial charge in [0.2, 0.25) is 0 Å². The van der Waals surface area contributed by atoms with Gasteiger partial charge in [0.1, 0.15) is 0 Å². The van der Waals surface area contributed by atoms with Crippen LogP contribution in [0.5, 0.6) is 0 Å². The van der Waals surface area contributed by atoms with E-state index in [2.05, 4.69) is 12.2 Å². The van der Waals surface area contributed by atoms with Crippen molar-refractivity contribution in [2.75, 3.05) is 6.54 Å². The zero-order chi connectivity index (χ0) is 16.5. The summed E-state index contributed by atoms with van der Waals surface area (Å²) in [5, 5.41) is 4.04. The number of amides is 1. The number of unbranched alkanes of at least 4 members (excludes halogenated alkanes) is 6. The van der Waals surface area contributed by atoms with Gasteiger partial charge in [0, 0.05) is 6.54 Å². The summed E-state index contributed by atoms with van der Waals surface area (Å²) in [7, 11) is 0. The van der Waals surface area contributed by atoms with E-state index in [1.165, 1.54) is 32.1 Å². The van der Waals surface area contributed by atoms with Gasteiger partial charge in [-0.3, -0.25) is 4.79 Å². The zero-order valence-electron chi connectivity index (χ0n) is 13.8. The first-order valence-electron chi connectivity index (χ1n) is 8.53. The van der Waals surface area contributed by atoms with Crippen LogP contribution in [0, 0.1) is 0 Å². The summed E-state index contributed by atoms with van der Waals surface area (Å²) in [6.45, 7) is 2.82. The maximum atomic E-state index is 12.1. The molecule has 124 valence electrons. The number of fused-ring (bicyclic) bond motifs is 1. The number of carbonyl (C=O) groups excluding carboxylic acids is 1. The Hall–Kier alpha value is -2.10. The monoisotopic (exact) mass is 315 g/mol. The maximum absolute atomic E-state index is 12.1. The molecule has 23 heavy (non-hydrogen) atoms. The van der Waals surface area contributed by atoms with Gasteiger partial charge < -0.3 is 9.73 Å². The Morgan fingerprint density at radius 1 is 1.04 bits per heavy atom. The SMILES string of the molecule is CCCCCCCCCNC(=O)c1cc2ccccc2c(=O)o1. The van der Waals surface area contributed by atoms with Gasteiger partial charge in [-0.1, -0.05) is 63.6 Å². The molecule has 0 saturated carbocycles. The van der Waals surface area contributed by atoms with Gasteiger partial charge in [-0.2, -0.15) is 0 Å². The Morgan fingerprint density at radius 2 is 1.74 bits per heavy atom. The van der Waals surface area contributed by atoms with E-state index in [0.29, 0.717) is 11.9 Å². The third kappa shape index (κ3) is 5.23. The van der Waals surface area contributed by atoms with Gasteiger partial charge in [0.15, 0.2) is 5.76 Å². The highest BCUT2D eigenvalue weighted by molar-refractivity contribution is 5.95. The summed E-state index contributed by atoms with van der Waals surface area (Å²) in [6, 6.07) is 8.74. The molecule has 1 heterocycles. The second-order valence-corrected chi connectivity index (χ2v) is 5.86. The van der Waals surface area contributed by atoms with E-state index in [0.717, 1.165) is 18.2 Å². The van der Waals surface area contributed by atoms with Crippen LogP contribution in [0.1, 0.15) is 62.4 Å². The second kappa shape index (κ2) is 9.13. The molecule has 1 aromatic carbocycles. The third-order valence-electron chi connectivity index (χ3n) is 3.96. The molecular formula is C19H25NO3. The smallest absolute Gasteiger partial charge is 0.344 e. The number of benzene rings is 1. The van der Waals surface area contributed by atoms with Gasteiger partial charge >= 0.3 is 5.63 Å². The van der Waals surface area contributed by atoms with Gasteiger partial charge in [0.05, 0.1) is 5.39 Å². The predicted octanol–water partition coefficient (Wildman–Crippen LogP) is 4.27. The van der Waals surface area contributed by atoms with E-state index in [4.69, 9.17) is 4.42 Å². The van der Waals surface area contributed by atoms with Crippen molar-refractivity contribution in [3.05, 3.63) is 46.5 Å². The lowest BCUT2D eigenvalue weighted by molar-refractivity contribution is 0.0921. The highest BCUT2D eigenvalue weighted by atomic mass is 16.4. The highest BCUT2D eigenvalue weighted by Crippen LogP contribution is 2.11. The van der Waals surface area contributed by atoms with E-state index in [1.54, 1.807) is 24.3 Å². The normalized spacial score (nSPS) is 10.8. The van der Waals surface area contributed by atoms with E-state index < -0.39 is 5.63 Å². The molecule has 0 spiro atoms. The molecule has 1 aromatic heterocycles. The van der Waals surface area contributed by atoms with Crippen LogP contribution in [0.15, 0.2) is 39.5 Å². The first-order valence-corrected chi connectivity index (χ1v) is 8.53. The molecule has 2 aromatic rings. The van der Waals surface area contributed by atoms with Crippen LogP contribution in [0.3, 0.4) is 0 Å². The second-order valence-electron chi connectivity index (χ2n) is 5.86. The van der Waals surface area contributed by atoms with Crippen molar-refractivity contribution in [3.63, 3.8) is 0 Å². The average molecular weight is 315 g/mol. The van der Waals surface area contributed by atoms with Crippen LogP contribution in [0.2, 0.25) is 0 Å². The Balaban J connectivity index is 1.79. The van der Waals surface area contributed by atoms with E-state index in [9.17, 15) is 9.59 Å². The fourth-order valence-electron chi connectivity index (χ4n) is 2.62. The molecule has 1 N–H and O–H groups in total. The van der Waals surface area contributed by atoms with Crippen LogP contribution in [-0.4, -0.2) is 12.5 Å². The molecule has 0 aliphatic carbocycles. The Bertz CT molecular complexity index is 690. The summed E-state index contributed by atoms with van der Waals surface area (Å²) >= 11 is 0. The number of rotatable bonds is 9. The molecule has 0 aliphatic heterocycles. The quantitative estimate of drug-likeness (QED) is 0.703. The summed E-state index contributed by atoms with van der Waals surface area (Å²) < 4.78 is 5.11. The van der Waals surface area contributed by atoms with Crippen LogP contribution in [-0.2, 0) is 0 Å². The molecule has 0 fully saturated rings. The fraction of sp³-hybridized carbons (Fsp3) is 0.474. The van der Waals surface area contributed by atoms with Crippen LogP contribution < -0.4 is 10.9 Å². The van der Waals surface area contributed by atoms with Gasteiger partial charge in [-0.25, -0.2) is 4.79 Å². The summed E-state index contributed by atoms with van der Waals surface area (Å²) in [5.41, 5.74) is -0.468. The molecule has 4 heteroatoms. The van der Waals surface area contributed by atoms with Crippen LogP contribution in [0.4, 0.5) is 0 Å². The fourth-order valence-corrected chi connectivity index (χ4v) is 2.62. The lowest BCUT2D eigenvalue weighted by atomic mass is 10.1. The number of carbonyl (C=O) groups is 1. The van der Waals surface area contributed by atoms with Crippen molar-refractivity contribution in [1.29, 1.82) is 0 Å². The largest absolute Gasteiger partial charge is 0.417 e. The molecule has 0 atom stereocenters. The molecule has 4 nitrogen and oxygen atoms in total. The van der Waals surface area contributed by atoms with Crippen molar-refractivity contribution in [2.24, 2.45) is 0 Å².